The number of hydrogen-bond acceptors (Lipinski definition) is 7. The van der Waals surface area contributed by atoms with Crippen LogP contribution in [0.5, 0.6) is 5.75 Å². The Morgan fingerprint density at radius 2 is 1.86 bits per heavy atom. The zero-order valence-electron chi connectivity index (χ0n) is 11.8. The Morgan fingerprint density at radius 1 is 1.19 bits per heavy atom. The molecule has 0 radical (unpaired) electrons. The van der Waals surface area contributed by atoms with Crippen LogP contribution < -0.4 is 21.5 Å². The number of nitrogens with two attached hydrogens (primary N) is 2. The Hall–Kier alpha value is -2.90. The van der Waals surface area contributed by atoms with Crippen molar-refractivity contribution < 1.29 is 9.53 Å². The summed E-state index contributed by atoms with van der Waals surface area (Å²) < 4.78 is 5.44. The molecule has 0 spiro atoms. The van der Waals surface area contributed by atoms with Gasteiger partial charge in [-0.05, 0) is 25.5 Å². The van der Waals surface area contributed by atoms with Gasteiger partial charge in [0, 0.05) is 0 Å². The highest BCUT2D eigenvalue weighted by molar-refractivity contribution is 5.90. The summed E-state index contributed by atoms with van der Waals surface area (Å²) in [4.78, 5) is 22.9. The first-order chi connectivity index (χ1) is 9.94. The molecular formula is C13H16N6O2. The fourth-order valence-electron chi connectivity index (χ4n) is 1.73. The number of nitrogens with zero attached hydrogens (tertiary/aromatic N) is 3. The standard InChI is InChI=1S/C13H16N6O2/c1-7-3-4-9(8(2)5-7)21-6-10(20)16-13-18-11(14)17-12(15)19-13/h3-5H,6H2,1-2H3,(H5,14,15,16,17,18,19,20). The number of carbonyl (C=O) groups excluding carboxylic acids is 1. The highest BCUT2D eigenvalue weighted by Crippen LogP contribution is 2.18. The maximum Gasteiger partial charge on any atom is 0.264 e. The average molecular weight is 288 g/mol. The molecule has 5 N–H and O–H groups in total. The summed E-state index contributed by atoms with van der Waals surface area (Å²) in [5.74, 6) is 0.0980. The van der Waals surface area contributed by atoms with Crippen LogP contribution in [0.3, 0.4) is 0 Å². The molecule has 0 aliphatic carbocycles. The summed E-state index contributed by atoms with van der Waals surface area (Å²) in [5.41, 5.74) is 12.9. The van der Waals surface area contributed by atoms with Gasteiger partial charge in [-0.25, -0.2) is 0 Å². The van der Waals surface area contributed by atoms with Crippen molar-refractivity contribution in [3.05, 3.63) is 29.3 Å². The van der Waals surface area contributed by atoms with E-state index in [1.165, 1.54) is 0 Å². The van der Waals surface area contributed by atoms with E-state index in [0.29, 0.717) is 5.75 Å². The molecule has 0 saturated carbocycles. The number of hydrogen-bond donors (Lipinski definition) is 3. The van der Waals surface area contributed by atoms with Gasteiger partial charge in [0.05, 0.1) is 0 Å². The molecule has 1 amide bonds. The van der Waals surface area contributed by atoms with Gasteiger partial charge in [0.1, 0.15) is 5.75 Å². The number of nitrogen functional groups attached to an aromatic ring is 2. The lowest BCUT2D eigenvalue weighted by Gasteiger charge is -2.09. The number of rotatable bonds is 4. The van der Waals surface area contributed by atoms with Crippen LogP contribution in [0.25, 0.3) is 0 Å². The minimum absolute atomic E-state index is 0.00534. The van der Waals surface area contributed by atoms with Gasteiger partial charge in [-0.1, -0.05) is 17.7 Å². The molecule has 21 heavy (non-hydrogen) atoms. The first-order valence-electron chi connectivity index (χ1n) is 6.21. The number of anilines is 3. The zero-order valence-corrected chi connectivity index (χ0v) is 11.8. The van der Waals surface area contributed by atoms with Gasteiger partial charge in [-0.2, -0.15) is 15.0 Å². The molecule has 2 rings (SSSR count). The predicted molar refractivity (Wildman–Crippen MR) is 78.7 cm³/mol. The van der Waals surface area contributed by atoms with Crippen LogP contribution in [-0.4, -0.2) is 27.5 Å². The molecule has 0 unspecified atom stereocenters. The topological polar surface area (TPSA) is 129 Å². The van der Waals surface area contributed by atoms with Gasteiger partial charge in [0.25, 0.3) is 5.91 Å². The maximum atomic E-state index is 11.8. The van der Waals surface area contributed by atoms with Crippen molar-refractivity contribution in [2.75, 3.05) is 23.4 Å². The molecule has 8 nitrogen and oxygen atoms in total. The lowest BCUT2D eigenvalue weighted by Crippen LogP contribution is -2.22. The van der Waals surface area contributed by atoms with Crippen molar-refractivity contribution in [1.29, 1.82) is 0 Å². The number of benzene rings is 1. The third-order valence-corrected chi connectivity index (χ3v) is 2.61. The van der Waals surface area contributed by atoms with Crippen molar-refractivity contribution in [1.82, 2.24) is 15.0 Å². The van der Waals surface area contributed by atoms with Crippen LogP contribution in [0, 0.1) is 13.8 Å². The van der Waals surface area contributed by atoms with Crippen LogP contribution >= 0.6 is 0 Å². The third-order valence-electron chi connectivity index (χ3n) is 2.61. The summed E-state index contributed by atoms with van der Waals surface area (Å²) in [7, 11) is 0. The summed E-state index contributed by atoms with van der Waals surface area (Å²) in [6.07, 6.45) is 0. The molecular weight excluding hydrogens is 272 g/mol. The number of aryl methyl sites for hydroxylation is 2. The lowest BCUT2D eigenvalue weighted by molar-refractivity contribution is -0.118. The molecule has 0 bridgehead atoms. The van der Waals surface area contributed by atoms with Gasteiger partial charge in [0.15, 0.2) is 6.61 Å². The second kappa shape index (κ2) is 6.04. The van der Waals surface area contributed by atoms with Crippen molar-refractivity contribution in [3.63, 3.8) is 0 Å². The van der Waals surface area contributed by atoms with E-state index >= 15 is 0 Å². The third kappa shape index (κ3) is 4.03. The molecule has 0 aliphatic heterocycles. The van der Waals surface area contributed by atoms with Crippen molar-refractivity contribution in [3.8, 4) is 5.75 Å². The normalized spacial score (nSPS) is 10.2. The van der Waals surface area contributed by atoms with E-state index in [0.717, 1.165) is 11.1 Å². The van der Waals surface area contributed by atoms with Crippen molar-refractivity contribution >= 4 is 23.8 Å². The van der Waals surface area contributed by atoms with Crippen LogP contribution in [-0.2, 0) is 4.79 Å². The largest absolute Gasteiger partial charge is 0.483 e. The molecule has 0 saturated heterocycles. The molecule has 0 atom stereocenters. The minimum Gasteiger partial charge on any atom is -0.483 e. The van der Waals surface area contributed by atoms with E-state index in [9.17, 15) is 4.79 Å². The van der Waals surface area contributed by atoms with Gasteiger partial charge in [-0.15, -0.1) is 0 Å². The van der Waals surface area contributed by atoms with Crippen molar-refractivity contribution in [2.45, 2.75) is 13.8 Å². The molecule has 1 aromatic heterocycles. The first-order valence-corrected chi connectivity index (χ1v) is 6.21. The molecule has 8 heteroatoms. The predicted octanol–water partition coefficient (Wildman–Crippen LogP) is 0.670. The quantitative estimate of drug-likeness (QED) is 0.753. The van der Waals surface area contributed by atoms with Gasteiger partial charge < -0.3 is 16.2 Å². The highest BCUT2D eigenvalue weighted by atomic mass is 16.5. The van der Waals surface area contributed by atoms with Crippen molar-refractivity contribution in [2.24, 2.45) is 0 Å². The summed E-state index contributed by atoms with van der Waals surface area (Å²) >= 11 is 0. The fourth-order valence-corrected chi connectivity index (χ4v) is 1.73. The summed E-state index contributed by atoms with van der Waals surface area (Å²) in [6, 6.07) is 5.70. The van der Waals surface area contributed by atoms with Gasteiger partial charge in [-0.3, -0.25) is 10.1 Å². The minimum atomic E-state index is -0.417. The van der Waals surface area contributed by atoms with Gasteiger partial charge >= 0.3 is 0 Å². The molecule has 0 aliphatic rings. The van der Waals surface area contributed by atoms with E-state index in [1.807, 2.05) is 32.0 Å². The summed E-state index contributed by atoms with van der Waals surface area (Å²) in [6.45, 7) is 3.72. The monoisotopic (exact) mass is 288 g/mol. The fraction of sp³-hybridized carbons (Fsp3) is 0.231. The van der Waals surface area contributed by atoms with Crippen LogP contribution in [0.15, 0.2) is 18.2 Å². The van der Waals surface area contributed by atoms with Crippen LogP contribution in [0.4, 0.5) is 17.8 Å². The second-order valence-corrected chi connectivity index (χ2v) is 4.48. The molecule has 1 heterocycles. The Morgan fingerprint density at radius 3 is 2.48 bits per heavy atom. The van der Waals surface area contributed by atoms with Crippen LogP contribution in [0.2, 0.25) is 0 Å². The highest BCUT2D eigenvalue weighted by Gasteiger charge is 2.09. The smallest absolute Gasteiger partial charge is 0.264 e. The summed E-state index contributed by atoms with van der Waals surface area (Å²) in [5, 5.41) is 2.44. The second-order valence-electron chi connectivity index (χ2n) is 4.48. The maximum absolute atomic E-state index is 11.8. The average Bonchev–Trinajstić information content (AvgIpc) is 2.36. The molecule has 0 fully saturated rings. The number of aromatic nitrogens is 3. The number of nitrogens with one attached hydrogen (secondary N) is 1. The molecule has 2 aromatic rings. The Balaban J connectivity index is 1.95. The van der Waals surface area contributed by atoms with E-state index in [-0.39, 0.29) is 24.5 Å². The van der Waals surface area contributed by atoms with E-state index in [2.05, 4.69) is 20.3 Å². The molecule has 110 valence electrons. The lowest BCUT2D eigenvalue weighted by atomic mass is 10.1. The number of carbonyl (C=O) groups is 1. The Labute approximate surface area is 121 Å². The molecule has 1 aromatic carbocycles. The SMILES string of the molecule is Cc1ccc(OCC(=O)Nc2nc(N)nc(N)n2)c(C)c1. The van der Waals surface area contributed by atoms with Crippen LogP contribution in [0.1, 0.15) is 11.1 Å². The number of amides is 1. The zero-order chi connectivity index (χ0) is 15.4. The van der Waals surface area contributed by atoms with E-state index in [4.69, 9.17) is 16.2 Å². The Kier molecular flexibility index (Phi) is 4.17. The van der Waals surface area contributed by atoms with E-state index in [1.54, 1.807) is 0 Å². The number of ether oxygens (including phenoxy) is 1. The van der Waals surface area contributed by atoms with E-state index < -0.39 is 5.91 Å². The Bertz CT molecular complexity index is 653. The first kappa shape index (κ1) is 14.5. The van der Waals surface area contributed by atoms with Gasteiger partial charge in [0.2, 0.25) is 17.8 Å².